The summed E-state index contributed by atoms with van der Waals surface area (Å²) in [4.78, 5) is 15.6. The molecule has 1 rings (SSSR count). The van der Waals surface area contributed by atoms with Crippen molar-refractivity contribution in [3.05, 3.63) is 11.7 Å². The fourth-order valence-corrected chi connectivity index (χ4v) is 1.16. The van der Waals surface area contributed by atoms with Crippen LogP contribution in [-0.2, 0) is 11.3 Å². The maximum absolute atomic E-state index is 11.6. The summed E-state index contributed by atoms with van der Waals surface area (Å²) in [7, 11) is 0. The first-order valence-electron chi connectivity index (χ1n) is 5.60. The van der Waals surface area contributed by atoms with E-state index in [-0.39, 0.29) is 30.3 Å². The standard InChI is InChI=1S/C11H20N4O2/c1-7-14-10(17-15-7)6-13-9(16)5-8(12)11(2,3)4/h8H,5-6,12H2,1-4H3,(H,13,16). The van der Waals surface area contributed by atoms with Crippen molar-refractivity contribution >= 4 is 5.91 Å². The Kier molecular flexibility index (Phi) is 4.22. The number of amides is 1. The highest BCUT2D eigenvalue weighted by molar-refractivity contribution is 5.76. The molecule has 6 nitrogen and oxygen atoms in total. The van der Waals surface area contributed by atoms with Crippen LogP contribution in [0, 0.1) is 12.3 Å². The topological polar surface area (TPSA) is 94.0 Å². The lowest BCUT2D eigenvalue weighted by Gasteiger charge is -2.26. The van der Waals surface area contributed by atoms with Crippen molar-refractivity contribution in [3.8, 4) is 0 Å². The van der Waals surface area contributed by atoms with Crippen LogP contribution in [0.5, 0.6) is 0 Å². The summed E-state index contributed by atoms with van der Waals surface area (Å²) >= 11 is 0. The number of nitrogens with zero attached hydrogens (tertiary/aromatic N) is 2. The first-order chi connectivity index (χ1) is 7.79. The maximum Gasteiger partial charge on any atom is 0.246 e. The molecule has 0 bridgehead atoms. The predicted octanol–water partition coefficient (Wildman–Crippen LogP) is 0.758. The number of nitrogens with two attached hydrogens (primary N) is 1. The van der Waals surface area contributed by atoms with Gasteiger partial charge in [0.05, 0.1) is 6.54 Å². The molecule has 3 N–H and O–H groups in total. The molecule has 1 heterocycles. The number of carbonyl (C=O) groups is 1. The number of rotatable bonds is 4. The predicted molar refractivity (Wildman–Crippen MR) is 62.9 cm³/mol. The summed E-state index contributed by atoms with van der Waals surface area (Å²) < 4.78 is 4.88. The van der Waals surface area contributed by atoms with Crippen molar-refractivity contribution in [2.45, 2.75) is 46.7 Å². The van der Waals surface area contributed by atoms with Crippen LogP contribution in [0.15, 0.2) is 4.52 Å². The second-order valence-electron chi connectivity index (χ2n) is 5.19. The van der Waals surface area contributed by atoms with E-state index in [1.807, 2.05) is 20.8 Å². The number of aromatic nitrogens is 2. The van der Waals surface area contributed by atoms with Crippen molar-refractivity contribution in [1.29, 1.82) is 0 Å². The Morgan fingerprint density at radius 3 is 2.65 bits per heavy atom. The summed E-state index contributed by atoms with van der Waals surface area (Å²) in [6, 6.07) is -0.174. The molecule has 1 atom stereocenters. The molecule has 0 fully saturated rings. The van der Waals surface area contributed by atoms with Gasteiger partial charge in [-0.15, -0.1) is 0 Å². The lowest BCUT2D eigenvalue weighted by molar-refractivity contribution is -0.122. The molecule has 0 saturated heterocycles. The van der Waals surface area contributed by atoms with Gasteiger partial charge in [0.25, 0.3) is 0 Å². The lowest BCUT2D eigenvalue weighted by atomic mass is 9.85. The molecule has 1 unspecified atom stereocenters. The Hall–Kier alpha value is -1.43. The van der Waals surface area contributed by atoms with Gasteiger partial charge >= 0.3 is 0 Å². The van der Waals surface area contributed by atoms with E-state index in [2.05, 4.69) is 15.5 Å². The average molecular weight is 240 g/mol. The minimum Gasteiger partial charge on any atom is -0.347 e. The van der Waals surface area contributed by atoms with Crippen molar-refractivity contribution in [3.63, 3.8) is 0 Å². The van der Waals surface area contributed by atoms with Crippen molar-refractivity contribution in [2.24, 2.45) is 11.1 Å². The number of aryl methyl sites for hydroxylation is 1. The van der Waals surface area contributed by atoms with Gasteiger partial charge in [-0.2, -0.15) is 4.98 Å². The van der Waals surface area contributed by atoms with E-state index in [1.54, 1.807) is 6.92 Å². The van der Waals surface area contributed by atoms with E-state index < -0.39 is 0 Å². The van der Waals surface area contributed by atoms with Gasteiger partial charge in [0.2, 0.25) is 11.8 Å². The minimum atomic E-state index is -0.174. The summed E-state index contributed by atoms with van der Waals surface area (Å²) in [5, 5.41) is 6.33. The van der Waals surface area contributed by atoms with Crippen LogP contribution in [0.25, 0.3) is 0 Å². The van der Waals surface area contributed by atoms with Crippen LogP contribution in [0.2, 0.25) is 0 Å². The van der Waals surface area contributed by atoms with Crippen LogP contribution >= 0.6 is 0 Å². The van der Waals surface area contributed by atoms with Crippen LogP contribution in [0.4, 0.5) is 0 Å². The van der Waals surface area contributed by atoms with Gasteiger partial charge in [-0.05, 0) is 12.3 Å². The summed E-state index contributed by atoms with van der Waals surface area (Å²) in [5.41, 5.74) is 5.83. The number of hydrogen-bond donors (Lipinski definition) is 2. The van der Waals surface area contributed by atoms with Gasteiger partial charge in [0.1, 0.15) is 0 Å². The molecular weight excluding hydrogens is 220 g/mol. The van der Waals surface area contributed by atoms with Gasteiger partial charge < -0.3 is 15.6 Å². The van der Waals surface area contributed by atoms with E-state index in [4.69, 9.17) is 10.3 Å². The largest absolute Gasteiger partial charge is 0.347 e. The second kappa shape index (κ2) is 5.27. The van der Waals surface area contributed by atoms with Gasteiger partial charge in [0.15, 0.2) is 5.82 Å². The van der Waals surface area contributed by atoms with Gasteiger partial charge in [0, 0.05) is 12.5 Å². The third-order valence-electron chi connectivity index (χ3n) is 2.52. The smallest absolute Gasteiger partial charge is 0.246 e. The van der Waals surface area contributed by atoms with Gasteiger partial charge in [-0.25, -0.2) is 0 Å². The van der Waals surface area contributed by atoms with Gasteiger partial charge in [-0.3, -0.25) is 4.79 Å². The molecule has 0 aliphatic carbocycles. The van der Waals surface area contributed by atoms with E-state index in [0.717, 1.165) is 0 Å². The zero-order chi connectivity index (χ0) is 13.1. The highest BCUT2D eigenvalue weighted by Gasteiger charge is 2.23. The molecule has 0 aliphatic rings. The molecule has 17 heavy (non-hydrogen) atoms. The quantitative estimate of drug-likeness (QED) is 0.810. The molecule has 0 radical (unpaired) electrons. The molecule has 0 spiro atoms. The van der Waals surface area contributed by atoms with E-state index in [0.29, 0.717) is 11.7 Å². The first-order valence-corrected chi connectivity index (χ1v) is 5.60. The zero-order valence-electron chi connectivity index (χ0n) is 10.8. The second-order valence-corrected chi connectivity index (χ2v) is 5.19. The molecule has 1 aromatic heterocycles. The van der Waals surface area contributed by atoms with Crippen LogP contribution in [0.3, 0.4) is 0 Å². The Balaban J connectivity index is 2.36. The number of nitrogens with one attached hydrogen (secondary N) is 1. The molecule has 96 valence electrons. The van der Waals surface area contributed by atoms with Crippen LogP contribution in [0.1, 0.15) is 38.9 Å². The third-order valence-corrected chi connectivity index (χ3v) is 2.52. The molecule has 6 heteroatoms. The van der Waals surface area contributed by atoms with E-state index >= 15 is 0 Å². The highest BCUT2D eigenvalue weighted by atomic mass is 16.5. The molecule has 0 aromatic carbocycles. The SMILES string of the molecule is Cc1noc(CNC(=O)CC(N)C(C)(C)C)n1. The van der Waals surface area contributed by atoms with Crippen molar-refractivity contribution < 1.29 is 9.32 Å². The maximum atomic E-state index is 11.6. The third kappa shape index (κ3) is 4.52. The van der Waals surface area contributed by atoms with Crippen LogP contribution in [-0.4, -0.2) is 22.1 Å². The number of hydrogen-bond acceptors (Lipinski definition) is 5. The van der Waals surface area contributed by atoms with E-state index in [1.165, 1.54) is 0 Å². The zero-order valence-corrected chi connectivity index (χ0v) is 10.8. The fraction of sp³-hybridized carbons (Fsp3) is 0.727. The Labute approximate surface area is 101 Å². The van der Waals surface area contributed by atoms with Crippen molar-refractivity contribution in [1.82, 2.24) is 15.5 Å². The normalized spacial score (nSPS) is 13.5. The minimum absolute atomic E-state index is 0.0849. The summed E-state index contributed by atoms with van der Waals surface area (Å²) in [5.74, 6) is 0.851. The molecule has 0 saturated carbocycles. The molecule has 0 aliphatic heterocycles. The summed E-state index contributed by atoms with van der Waals surface area (Å²) in [6.45, 7) is 7.99. The van der Waals surface area contributed by atoms with E-state index in [9.17, 15) is 4.79 Å². The van der Waals surface area contributed by atoms with Crippen molar-refractivity contribution in [2.75, 3.05) is 0 Å². The first kappa shape index (κ1) is 13.6. The molecule has 1 aromatic rings. The fourth-order valence-electron chi connectivity index (χ4n) is 1.16. The Bertz CT molecular complexity index is 381. The lowest BCUT2D eigenvalue weighted by Crippen LogP contribution is -2.40. The number of carbonyl (C=O) groups excluding carboxylic acids is 1. The summed E-state index contributed by atoms with van der Waals surface area (Å²) in [6.07, 6.45) is 0.288. The monoisotopic (exact) mass is 240 g/mol. The Morgan fingerprint density at radius 2 is 2.18 bits per heavy atom. The average Bonchev–Trinajstić information content (AvgIpc) is 2.60. The Morgan fingerprint density at radius 1 is 1.53 bits per heavy atom. The van der Waals surface area contributed by atoms with Crippen LogP contribution < -0.4 is 11.1 Å². The molecule has 1 amide bonds. The molecular formula is C11H20N4O2. The van der Waals surface area contributed by atoms with Gasteiger partial charge in [-0.1, -0.05) is 25.9 Å². The highest BCUT2D eigenvalue weighted by Crippen LogP contribution is 2.19.